The quantitative estimate of drug-likeness (QED) is 0.422. The first-order chi connectivity index (χ1) is 12.0. The maximum Gasteiger partial charge on any atom is 0.0408 e. The van der Waals surface area contributed by atoms with Crippen LogP contribution in [0.4, 0.5) is 0 Å². The molecule has 0 nitrogen and oxygen atoms in total. The molecular formula is C23H40Cl2. The monoisotopic (exact) mass is 386 g/mol. The van der Waals surface area contributed by atoms with E-state index in [-0.39, 0.29) is 0 Å². The van der Waals surface area contributed by atoms with Crippen molar-refractivity contribution in [1.29, 1.82) is 0 Å². The van der Waals surface area contributed by atoms with Crippen LogP contribution >= 0.6 is 23.2 Å². The van der Waals surface area contributed by atoms with E-state index in [0.29, 0.717) is 0 Å². The molecule has 0 aliphatic heterocycles. The third-order valence-electron chi connectivity index (χ3n) is 2.48. The number of aryl methyl sites for hydroxylation is 3. The van der Waals surface area contributed by atoms with Crippen LogP contribution in [-0.4, -0.2) is 0 Å². The highest BCUT2D eigenvalue weighted by Gasteiger charge is 1.90. The van der Waals surface area contributed by atoms with Crippen LogP contribution in [0, 0.1) is 20.8 Å². The molecule has 0 aromatic heterocycles. The van der Waals surface area contributed by atoms with E-state index in [4.69, 9.17) is 23.2 Å². The summed E-state index contributed by atoms with van der Waals surface area (Å²) in [5.74, 6) is 0. The summed E-state index contributed by atoms with van der Waals surface area (Å²) in [4.78, 5) is 0. The predicted octanol–water partition coefficient (Wildman–Crippen LogP) is 9.71. The summed E-state index contributed by atoms with van der Waals surface area (Å²) in [6.45, 7) is 22.2. The minimum atomic E-state index is 0.801. The van der Waals surface area contributed by atoms with Crippen LogP contribution in [0.15, 0.2) is 42.5 Å². The molecule has 0 heterocycles. The van der Waals surface area contributed by atoms with Crippen molar-refractivity contribution in [3.63, 3.8) is 0 Å². The zero-order chi connectivity index (χ0) is 20.8. The molecule has 0 saturated carbocycles. The Hall–Kier alpha value is -0.980. The van der Waals surface area contributed by atoms with Crippen molar-refractivity contribution in [3.05, 3.63) is 69.2 Å². The Labute approximate surface area is 168 Å². The van der Waals surface area contributed by atoms with Gasteiger partial charge in [-0.1, -0.05) is 102 Å². The zero-order valence-electron chi connectivity index (χ0n) is 18.3. The van der Waals surface area contributed by atoms with Crippen molar-refractivity contribution in [1.82, 2.24) is 0 Å². The molecular weight excluding hydrogens is 347 g/mol. The summed E-state index contributed by atoms with van der Waals surface area (Å²) < 4.78 is 0. The van der Waals surface area contributed by atoms with Crippen LogP contribution < -0.4 is 0 Å². The van der Waals surface area contributed by atoms with Crippen molar-refractivity contribution in [2.24, 2.45) is 0 Å². The molecule has 0 unspecified atom stereocenters. The van der Waals surface area contributed by atoms with E-state index in [0.717, 1.165) is 10.0 Å². The summed E-state index contributed by atoms with van der Waals surface area (Å²) in [5.41, 5.74) is 3.79. The molecule has 0 aliphatic carbocycles. The fourth-order valence-electron chi connectivity index (χ4n) is 1.24. The minimum Gasteiger partial charge on any atom is -0.0843 e. The first kappa shape index (κ1) is 31.8. The predicted molar refractivity (Wildman–Crippen MR) is 123 cm³/mol. The molecule has 146 valence electrons. The van der Waals surface area contributed by atoms with Gasteiger partial charge in [0.1, 0.15) is 0 Å². The molecule has 2 aromatic rings. The van der Waals surface area contributed by atoms with Gasteiger partial charge in [0.05, 0.1) is 0 Å². The van der Waals surface area contributed by atoms with E-state index in [9.17, 15) is 0 Å². The molecule has 0 N–H and O–H groups in total. The first-order valence-electron chi connectivity index (χ1n) is 9.44. The fourth-order valence-corrected chi connectivity index (χ4v) is 1.59. The summed E-state index contributed by atoms with van der Waals surface area (Å²) in [6.07, 6.45) is 0. The zero-order valence-corrected chi connectivity index (χ0v) is 19.8. The van der Waals surface area contributed by atoms with Gasteiger partial charge in [0.2, 0.25) is 0 Å². The van der Waals surface area contributed by atoms with Crippen molar-refractivity contribution < 1.29 is 0 Å². The second kappa shape index (κ2) is 25.3. The van der Waals surface area contributed by atoms with Gasteiger partial charge in [-0.05, 0) is 56.2 Å². The van der Waals surface area contributed by atoms with E-state index >= 15 is 0 Å². The number of benzene rings is 2. The normalized spacial score (nSPS) is 7.40. The molecule has 0 bridgehead atoms. The number of hydrogen-bond acceptors (Lipinski definition) is 0. The third-order valence-corrected chi connectivity index (χ3v) is 2.97. The van der Waals surface area contributed by atoms with Gasteiger partial charge in [0.25, 0.3) is 0 Å². The van der Waals surface area contributed by atoms with Crippen LogP contribution in [0.1, 0.15) is 72.1 Å². The van der Waals surface area contributed by atoms with E-state index in [1.54, 1.807) is 0 Å². The standard InChI is InChI=1S/C8H9Cl.C7H7Cl.4C2H6/c1-6-3-4-8(9)5-7(6)2;1-6-2-4-7(8)5-3-6;4*1-2/h3-5H,1-2H3;2-5H,1H3;4*1-2H3. The van der Waals surface area contributed by atoms with Crippen LogP contribution in [0.2, 0.25) is 10.0 Å². The highest BCUT2D eigenvalue weighted by atomic mass is 35.5. The Bertz CT molecular complexity index is 453. The Morgan fingerprint density at radius 2 is 0.840 bits per heavy atom. The summed E-state index contributed by atoms with van der Waals surface area (Å²) in [7, 11) is 0. The van der Waals surface area contributed by atoms with E-state index in [2.05, 4.69) is 13.8 Å². The highest BCUT2D eigenvalue weighted by Crippen LogP contribution is 2.13. The van der Waals surface area contributed by atoms with Crippen molar-refractivity contribution in [2.45, 2.75) is 76.2 Å². The van der Waals surface area contributed by atoms with E-state index < -0.39 is 0 Å². The highest BCUT2D eigenvalue weighted by molar-refractivity contribution is 6.30. The Morgan fingerprint density at radius 1 is 0.480 bits per heavy atom. The lowest BCUT2D eigenvalue weighted by molar-refractivity contribution is 1.34. The van der Waals surface area contributed by atoms with Gasteiger partial charge in [-0.3, -0.25) is 0 Å². The Morgan fingerprint density at radius 3 is 1.12 bits per heavy atom. The van der Waals surface area contributed by atoms with E-state index in [1.807, 2.05) is 105 Å². The number of hydrogen-bond donors (Lipinski definition) is 0. The van der Waals surface area contributed by atoms with Crippen molar-refractivity contribution in [3.8, 4) is 0 Å². The van der Waals surface area contributed by atoms with Crippen LogP contribution in [-0.2, 0) is 0 Å². The molecule has 0 spiro atoms. The van der Waals surface area contributed by atoms with Gasteiger partial charge in [0.15, 0.2) is 0 Å². The smallest absolute Gasteiger partial charge is 0.0408 e. The topological polar surface area (TPSA) is 0 Å². The lowest BCUT2D eigenvalue weighted by Crippen LogP contribution is -1.77. The summed E-state index contributed by atoms with van der Waals surface area (Å²) >= 11 is 11.3. The largest absolute Gasteiger partial charge is 0.0843 e. The Kier molecular flexibility index (Phi) is 32.1. The summed E-state index contributed by atoms with van der Waals surface area (Å²) in [5, 5.41) is 1.62. The van der Waals surface area contributed by atoms with Crippen molar-refractivity contribution in [2.75, 3.05) is 0 Å². The third kappa shape index (κ3) is 21.0. The summed E-state index contributed by atoms with van der Waals surface area (Å²) in [6, 6.07) is 13.6. The molecule has 0 saturated heterocycles. The lowest BCUT2D eigenvalue weighted by atomic mass is 10.1. The molecule has 2 aromatic carbocycles. The average Bonchev–Trinajstić information content (AvgIpc) is 2.68. The SMILES string of the molecule is CC.CC.CC.CC.Cc1ccc(Cl)cc1.Cc1ccc(Cl)cc1C. The molecule has 2 rings (SSSR count). The molecule has 25 heavy (non-hydrogen) atoms. The van der Waals surface area contributed by atoms with Gasteiger partial charge in [-0.2, -0.15) is 0 Å². The van der Waals surface area contributed by atoms with Gasteiger partial charge >= 0.3 is 0 Å². The maximum atomic E-state index is 5.72. The van der Waals surface area contributed by atoms with Crippen LogP contribution in [0.25, 0.3) is 0 Å². The van der Waals surface area contributed by atoms with E-state index in [1.165, 1.54) is 16.7 Å². The molecule has 0 aliphatic rings. The fraction of sp³-hybridized carbons (Fsp3) is 0.478. The van der Waals surface area contributed by atoms with Gasteiger partial charge in [0, 0.05) is 10.0 Å². The first-order valence-corrected chi connectivity index (χ1v) is 10.2. The molecule has 0 amide bonds. The molecule has 2 heteroatoms. The van der Waals surface area contributed by atoms with Gasteiger partial charge in [-0.15, -0.1) is 0 Å². The van der Waals surface area contributed by atoms with Crippen molar-refractivity contribution >= 4 is 23.2 Å². The number of halogens is 2. The van der Waals surface area contributed by atoms with Gasteiger partial charge < -0.3 is 0 Å². The van der Waals surface area contributed by atoms with Crippen LogP contribution in [0.3, 0.4) is 0 Å². The second-order valence-corrected chi connectivity index (χ2v) is 4.90. The number of rotatable bonds is 0. The maximum absolute atomic E-state index is 5.72. The molecule has 0 fully saturated rings. The Balaban J connectivity index is -0.000000127. The van der Waals surface area contributed by atoms with Gasteiger partial charge in [-0.25, -0.2) is 0 Å². The lowest BCUT2D eigenvalue weighted by Gasteiger charge is -1.97. The molecule has 0 atom stereocenters. The minimum absolute atomic E-state index is 0.801. The second-order valence-electron chi connectivity index (χ2n) is 4.02. The van der Waals surface area contributed by atoms with Crippen LogP contribution in [0.5, 0.6) is 0 Å². The molecule has 0 radical (unpaired) electrons. The average molecular weight is 387 g/mol.